The van der Waals surface area contributed by atoms with Gasteiger partial charge in [0.25, 0.3) is 0 Å². The summed E-state index contributed by atoms with van der Waals surface area (Å²) in [6, 6.07) is 3.53. The topological polar surface area (TPSA) is 30.2 Å². The Hall–Kier alpha value is -0.700. The summed E-state index contributed by atoms with van der Waals surface area (Å²) in [6.07, 6.45) is 3.10. The van der Waals surface area contributed by atoms with E-state index in [1.807, 2.05) is 6.07 Å². The fourth-order valence-corrected chi connectivity index (χ4v) is 1.75. The molecule has 0 amide bonds. The molecule has 1 aromatic heterocycles. The van der Waals surface area contributed by atoms with E-state index in [1.54, 1.807) is 17.8 Å². The second-order valence-corrected chi connectivity index (χ2v) is 3.58. The van der Waals surface area contributed by atoms with Gasteiger partial charge in [0, 0.05) is 5.75 Å². The number of rotatable bonds is 5. The second-order valence-electron chi connectivity index (χ2n) is 2.48. The smallest absolute Gasteiger partial charge is 0.185 e. The third kappa shape index (κ3) is 2.74. The summed E-state index contributed by atoms with van der Waals surface area (Å²) in [6.45, 7) is 2.15. The van der Waals surface area contributed by atoms with Crippen molar-refractivity contribution in [3.63, 3.8) is 0 Å². The molecule has 0 aliphatic rings. The number of furan rings is 1. The minimum Gasteiger partial charge on any atom is -0.447 e. The number of carbonyl (C=O) groups excluding carboxylic acids is 1. The van der Waals surface area contributed by atoms with Crippen molar-refractivity contribution in [2.45, 2.75) is 24.9 Å². The molecule has 0 atom stereocenters. The van der Waals surface area contributed by atoms with Gasteiger partial charge in [0.05, 0.1) is 0 Å². The van der Waals surface area contributed by atoms with E-state index < -0.39 is 0 Å². The first-order valence-corrected chi connectivity index (χ1v) is 5.03. The van der Waals surface area contributed by atoms with Crippen LogP contribution in [-0.4, -0.2) is 12.0 Å². The average molecular weight is 184 g/mol. The van der Waals surface area contributed by atoms with Crippen molar-refractivity contribution in [1.29, 1.82) is 0 Å². The lowest BCUT2D eigenvalue weighted by atomic mass is 10.4. The molecule has 0 radical (unpaired) electrons. The zero-order chi connectivity index (χ0) is 8.81. The molecule has 1 rings (SSSR count). The second kappa shape index (κ2) is 5.04. The SMILES string of the molecule is CCCCSc1ccc(C=O)o1. The van der Waals surface area contributed by atoms with E-state index in [-0.39, 0.29) is 0 Å². The van der Waals surface area contributed by atoms with Crippen molar-refractivity contribution in [3.05, 3.63) is 17.9 Å². The van der Waals surface area contributed by atoms with Gasteiger partial charge in [0.2, 0.25) is 0 Å². The van der Waals surface area contributed by atoms with Crippen LogP contribution in [0.25, 0.3) is 0 Å². The first-order chi connectivity index (χ1) is 5.86. The third-order valence-corrected chi connectivity index (χ3v) is 2.46. The number of aldehydes is 1. The molecule has 12 heavy (non-hydrogen) atoms. The quantitative estimate of drug-likeness (QED) is 0.400. The van der Waals surface area contributed by atoms with Gasteiger partial charge >= 0.3 is 0 Å². The van der Waals surface area contributed by atoms with Crippen LogP contribution in [0, 0.1) is 0 Å². The van der Waals surface area contributed by atoms with Gasteiger partial charge in [0.15, 0.2) is 17.1 Å². The monoisotopic (exact) mass is 184 g/mol. The highest BCUT2D eigenvalue weighted by Gasteiger charge is 1.99. The summed E-state index contributed by atoms with van der Waals surface area (Å²) in [5.74, 6) is 1.47. The summed E-state index contributed by atoms with van der Waals surface area (Å²) in [5.41, 5.74) is 0. The molecule has 0 saturated carbocycles. The van der Waals surface area contributed by atoms with Gasteiger partial charge in [-0.1, -0.05) is 25.1 Å². The molecule has 2 nitrogen and oxygen atoms in total. The molecular formula is C9H12O2S. The van der Waals surface area contributed by atoms with Crippen LogP contribution in [0.15, 0.2) is 21.6 Å². The minimum atomic E-state index is 0.411. The van der Waals surface area contributed by atoms with Crippen LogP contribution >= 0.6 is 11.8 Å². The maximum absolute atomic E-state index is 10.2. The van der Waals surface area contributed by atoms with Gasteiger partial charge in [-0.25, -0.2) is 0 Å². The summed E-state index contributed by atoms with van der Waals surface area (Å²) in [5, 5.41) is 0.838. The number of carbonyl (C=O) groups is 1. The van der Waals surface area contributed by atoms with Crippen LogP contribution in [0.5, 0.6) is 0 Å². The van der Waals surface area contributed by atoms with Crippen LogP contribution in [-0.2, 0) is 0 Å². The highest BCUT2D eigenvalue weighted by atomic mass is 32.2. The van der Waals surface area contributed by atoms with Crippen molar-refractivity contribution in [1.82, 2.24) is 0 Å². The maximum Gasteiger partial charge on any atom is 0.185 e. The van der Waals surface area contributed by atoms with Crippen molar-refractivity contribution < 1.29 is 9.21 Å². The summed E-state index contributed by atoms with van der Waals surface area (Å²) in [4.78, 5) is 10.2. The zero-order valence-corrected chi connectivity index (χ0v) is 7.89. The Bertz CT molecular complexity index is 242. The molecular weight excluding hydrogens is 172 g/mol. The molecule has 0 aliphatic heterocycles. The Labute approximate surface area is 76.3 Å². The predicted molar refractivity (Wildman–Crippen MR) is 49.7 cm³/mol. The van der Waals surface area contributed by atoms with Gasteiger partial charge in [0.1, 0.15) is 0 Å². The summed E-state index contributed by atoms with van der Waals surface area (Å²) >= 11 is 1.66. The van der Waals surface area contributed by atoms with Crippen LogP contribution < -0.4 is 0 Å². The molecule has 0 aromatic carbocycles. The van der Waals surface area contributed by atoms with E-state index in [0.717, 1.165) is 17.1 Å². The number of thioether (sulfide) groups is 1. The largest absolute Gasteiger partial charge is 0.447 e. The van der Waals surface area contributed by atoms with Gasteiger partial charge < -0.3 is 4.42 Å². The predicted octanol–water partition coefficient (Wildman–Crippen LogP) is 2.98. The standard InChI is InChI=1S/C9H12O2S/c1-2-3-6-12-9-5-4-8(7-10)11-9/h4-5,7H,2-3,6H2,1H3. The molecule has 66 valence electrons. The number of unbranched alkanes of at least 4 members (excludes halogenated alkanes) is 1. The Balaban J connectivity index is 2.36. The molecule has 1 heterocycles. The molecule has 0 spiro atoms. The lowest BCUT2D eigenvalue weighted by molar-refractivity contribution is 0.109. The van der Waals surface area contributed by atoms with E-state index in [0.29, 0.717) is 5.76 Å². The number of hydrogen-bond donors (Lipinski definition) is 0. The molecule has 0 bridgehead atoms. The Morgan fingerprint density at radius 3 is 3.00 bits per heavy atom. The number of hydrogen-bond acceptors (Lipinski definition) is 3. The van der Waals surface area contributed by atoms with Gasteiger partial charge in [-0.2, -0.15) is 0 Å². The van der Waals surface area contributed by atoms with Crippen LogP contribution in [0.2, 0.25) is 0 Å². The fraction of sp³-hybridized carbons (Fsp3) is 0.444. The molecule has 0 unspecified atom stereocenters. The van der Waals surface area contributed by atoms with Crippen LogP contribution in [0.4, 0.5) is 0 Å². The Kier molecular flexibility index (Phi) is 3.94. The highest BCUT2D eigenvalue weighted by molar-refractivity contribution is 7.99. The average Bonchev–Trinajstić information content (AvgIpc) is 2.53. The summed E-state index contributed by atoms with van der Waals surface area (Å²) in [7, 11) is 0. The molecule has 0 fully saturated rings. The van der Waals surface area contributed by atoms with Crippen molar-refractivity contribution in [3.8, 4) is 0 Å². The van der Waals surface area contributed by atoms with Crippen molar-refractivity contribution >= 4 is 18.0 Å². The van der Waals surface area contributed by atoms with Crippen molar-refractivity contribution in [2.24, 2.45) is 0 Å². The molecule has 0 N–H and O–H groups in total. The van der Waals surface area contributed by atoms with E-state index in [4.69, 9.17) is 4.42 Å². The van der Waals surface area contributed by atoms with Gasteiger partial charge in [-0.15, -0.1) is 0 Å². The Morgan fingerprint density at radius 1 is 1.58 bits per heavy atom. The van der Waals surface area contributed by atoms with E-state index in [1.165, 1.54) is 12.8 Å². The first-order valence-electron chi connectivity index (χ1n) is 4.04. The molecule has 0 aliphatic carbocycles. The fourth-order valence-electron chi connectivity index (χ4n) is 0.792. The highest BCUT2D eigenvalue weighted by Crippen LogP contribution is 2.21. The van der Waals surface area contributed by atoms with Crippen LogP contribution in [0.3, 0.4) is 0 Å². The summed E-state index contributed by atoms with van der Waals surface area (Å²) < 4.78 is 5.17. The third-order valence-electron chi connectivity index (χ3n) is 1.46. The Morgan fingerprint density at radius 2 is 2.42 bits per heavy atom. The lowest BCUT2D eigenvalue weighted by Crippen LogP contribution is -1.75. The van der Waals surface area contributed by atoms with Gasteiger partial charge in [-0.3, -0.25) is 4.79 Å². The minimum absolute atomic E-state index is 0.411. The van der Waals surface area contributed by atoms with E-state index >= 15 is 0 Å². The maximum atomic E-state index is 10.2. The molecule has 1 aromatic rings. The van der Waals surface area contributed by atoms with Crippen molar-refractivity contribution in [2.75, 3.05) is 5.75 Å². The first kappa shape index (κ1) is 9.39. The van der Waals surface area contributed by atoms with E-state index in [2.05, 4.69) is 6.92 Å². The van der Waals surface area contributed by atoms with E-state index in [9.17, 15) is 4.79 Å². The zero-order valence-electron chi connectivity index (χ0n) is 7.08. The van der Waals surface area contributed by atoms with Crippen LogP contribution in [0.1, 0.15) is 30.3 Å². The van der Waals surface area contributed by atoms with Gasteiger partial charge in [-0.05, 0) is 18.6 Å². The molecule has 0 saturated heterocycles. The molecule has 3 heteroatoms. The normalized spacial score (nSPS) is 10.1. The lowest BCUT2D eigenvalue weighted by Gasteiger charge is -1.93.